The number of ketones is 1. The topological polar surface area (TPSA) is 17.1 Å². The molecule has 0 saturated carbocycles. The summed E-state index contributed by atoms with van der Waals surface area (Å²) in [6.07, 6.45) is 9.28. The van der Waals surface area contributed by atoms with Gasteiger partial charge < -0.3 is 0 Å². The summed E-state index contributed by atoms with van der Waals surface area (Å²) in [5, 5.41) is 0. The van der Waals surface area contributed by atoms with Gasteiger partial charge in [0.1, 0.15) is 0 Å². The highest BCUT2D eigenvalue weighted by Gasteiger charge is 1.97. The number of rotatable bonds is 6. The second kappa shape index (κ2) is 7.54. The van der Waals surface area contributed by atoms with E-state index in [0.717, 1.165) is 12.8 Å². The van der Waals surface area contributed by atoms with Gasteiger partial charge in [-0.15, -0.1) is 0 Å². The van der Waals surface area contributed by atoms with Crippen LogP contribution in [-0.2, 0) is 4.79 Å². The summed E-state index contributed by atoms with van der Waals surface area (Å²) in [6.45, 7) is 8.06. The molecule has 0 spiro atoms. The lowest BCUT2D eigenvalue weighted by Gasteiger charge is -2.05. The van der Waals surface area contributed by atoms with Gasteiger partial charge in [-0.2, -0.15) is 0 Å². The van der Waals surface area contributed by atoms with E-state index in [1.54, 1.807) is 13.0 Å². The van der Waals surface area contributed by atoms with Gasteiger partial charge >= 0.3 is 0 Å². The van der Waals surface area contributed by atoms with Crippen molar-refractivity contribution in [3.8, 4) is 0 Å². The molecule has 0 radical (unpaired) electrons. The Bertz CT molecular complexity index is 219. The Morgan fingerprint density at radius 3 is 2.43 bits per heavy atom. The average Bonchev–Trinajstić information content (AvgIpc) is 2.02. The average molecular weight is 194 g/mol. The Morgan fingerprint density at radius 2 is 1.93 bits per heavy atom. The first-order valence-electron chi connectivity index (χ1n) is 5.33. The van der Waals surface area contributed by atoms with E-state index < -0.39 is 0 Å². The van der Waals surface area contributed by atoms with Crippen LogP contribution in [0.15, 0.2) is 23.8 Å². The van der Waals surface area contributed by atoms with Crippen LogP contribution in [-0.4, -0.2) is 5.78 Å². The lowest BCUT2D eigenvalue weighted by Crippen LogP contribution is -1.92. The van der Waals surface area contributed by atoms with Crippen molar-refractivity contribution >= 4 is 5.78 Å². The van der Waals surface area contributed by atoms with E-state index in [-0.39, 0.29) is 5.78 Å². The Morgan fingerprint density at radius 1 is 1.29 bits per heavy atom. The van der Waals surface area contributed by atoms with E-state index in [9.17, 15) is 4.79 Å². The van der Waals surface area contributed by atoms with Gasteiger partial charge in [-0.1, -0.05) is 24.6 Å². The molecule has 0 aliphatic carbocycles. The van der Waals surface area contributed by atoms with Crippen molar-refractivity contribution in [3.63, 3.8) is 0 Å². The Labute approximate surface area is 87.9 Å². The first-order chi connectivity index (χ1) is 6.52. The van der Waals surface area contributed by atoms with Crippen LogP contribution >= 0.6 is 0 Å². The number of hydrogen-bond donors (Lipinski definition) is 0. The highest BCUT2D eigenvalue weighted by Crippen LogP contribution is 2.12. The highest BCUT2D eigenvalue weighted by atomic mass is 16.1. The second-order valence-electron chi connectivity index (χ2n) is 4.21. The Hall–Kier alpha value is -0.850. The zero-order valence-electron chi connectivity index (χ0n) is 9.84. The fourth-order valence-electron chi connectivity index (χ4n) is 1.24. The van der Waals surface area contributed by atoms with Gasteiger partial charge in [-0.05, 0) is 52.0 Å². The lowest BCUT2D eigenvalue weighted by atomic mass is 10.0. The third kappa shape index (κ3) is 9.24. The van der Waals surface area contributed by atoms with Crippen LogP contribution < -0.4 is 0 Å². The van der Waals surface area contributed by atoms with Crippen LogP contribution in [0.25, 0.3) is 0 Å². The summed E-state index contributed by atoms with van der Waals surface area (Å²) >= 11 is 0. The lowest BCUT2D eigenvalue weighted by molar-refractivity contribution is -0.112. The quantitative estimate of drug-likeness (QED) is 0.463. The summed E-state index contributed by atoms with van der Waals surface area (Å²) in [5.41, 5.74) is 1.39. The number of allylic oxidation sites excluding steroid dienone is 4. The Kier molecular flexibility index (Phi) is 7.09. The molecule has 0 fully saturated rings. The standard InChI is InChI=1S/C13H22O/c1-11(2)7-5-8-12(3)9-6-10-13(4)14/h6-7,10,12H,5,8-9H2,1-4H3/b10-6-/t12-/m1/s1. The molecule has 0 heterocycles. The third-order valence-corrected chi connectivity index (χ3v) is 2.10. The molecule has 0 saturated heterocycles. The minimum absolute atomic E-state index is 0.140. The summed E-state index contributed by atoms with van der Waals surface area (Å²) < 4.78 is 0. The molecular weight excluding hydrogens is 172 g/mol. The van der Waals surface area contributed by atoms with Gasteiger partial charge in [-0.25, -0.2) is 0 Å². The molecule has 0 aliphatic heterocycles. The summed E-state index contributed by atoms with van der Waals surface area (Å²) in [6, 6.07) is 0. The zero-order chi connectivity index (χ0) is 11.0. The smallest absolute Gasteiger partial charge is 0.152 e. The molecule has 0 amide bonds. The molecule has 1 atom stereocenters. The molecule has 0 aromatic rings. The predicted molar refractivity (Wildman–Crippen MR) is 62.3 cm³/mol. The normalized spacial score (nSPS) is 12.9. The molecule has 0 aromatic heterocycles. The number of hydrogen-bond acceptors (Lipinski definition) is 1. The molecule has 0 aromatic carbocycles. The molecule has 0 unspecified atom stereocenters. The monoisotopic (exact) mass is 194 g/mol. The molecule has 0 N–H and O–H groups in total. The van der Waals surface area contributed by atoms with Gasteiger partial charge in [0.25, 0.3) is 0 Å². The van der Waals surface area contributed by atoms with Crippen molar-refractivity contribution in [1.82, 2.24) is 0 Å². The largest absolute Gasteiger partial charge is 0.295 e. The van der Waals surface area contributed by atoms with Gasteiger partial charge in [0.05, 0.1) is 0 Å². The van der Waals surface area contributed by atoms with Gasteiger partial charge in [0.2, 0.25) is 0 Å². The first kappa shape index (κ1) is 13.2. The molecule has 80 valence electrons. The van der Waals surface area contributed by atoms with E-state index in [1.807, 2.05) is 6.08 Å². The van der Waals surface area contributed by atoms with E-state index in [4.69, 9.17) is 0 Å². The molecule has 0 bridgehead atoms. The highest BCUT2D eigenvalue weighted by molar-refractivity contribution is 5.87. The van der Waals surface area contributed by atoms with Crippen LogP contribution in [0.3, 0.4) is 0 Å². The van der Waals surface area contributed by atoms with Gasteiger partial charge in [0.15, 0.2) is 5.78 Å². The SMILES string of the molecule is CC(=O)/C=C\C[C@H](C)CCC=C(C)C. The van der Waals surface area contributed by atoms with E-state index in [2.05, 4.69) is 26.8 Å². The maximum absolute atomic E-state index is 10.6. The van der Waals surface area contributed by atoms with Crippen molar-refractivity contribution in [3.05, 3.63) is 23.8 Å². The molecule has 14 heavy (non-hydrogen) atoms. The van der Waals surface area contributed by atoms with Crippen LogP contribution in [0.2, 0.25) is 0 Å². The Balaban J connectivity index is 3.61. The summed E-state index contributed by atoms with van der Waals surface area (Å²) in [7, 11) is 0. The van der Waals surface area contributed by atoms with E-state index >= 15 is 0 Å². The zero-order valence-corrected chi connectivity index (χ0v) is 9.84. The van der Waals surface area contributed by atoms with Crippen molar-refractivity contribution < 1.29 is 4.79 Å². The number of carbonyl (C=O) groups excluding carboxylic acids is 1. The molecule has 0 aliphatic rings. The van der Waals surface area contributed by atoms with Crippen LogP contribution in [0.1, 0.15) is 47.0 Å². The van der Waals surface area contributed by atoms with Gasteiger partial charge in [0, 0.05) is 0 Å². The maximum Gasteiger partial charge on any atom is 0.152 e. The second-order valence-corrected chi connectivity index (χ2v) is 4.21. The summed E-state index contributed by atoms with van der Waals surface area (Å²) in [4.78, 5) is 10.6. The first-order valence-corrected chi connectivity index (χ1v) is 5.33. The van der Waals surface area contributed by atoms with E-state index in [1.165, 1.54) is 12.0 Å². The molecule has 1 heteroatoms. The summed E-state index contributed by atoms with van der Waals surface area (Å²) in [5.74, 6) is 0.808. The third-order valence-electron chi connectivity index (χ3n) is 2.10. The molecular formula is C13H22O. The minimum Gasteiger partial charge on any atom is -0.295 e. The molecule has 1 nitrogen and oxygen atoms in total. The maximum atomic E-state index is 10.6. The number of carbonyl (C=O) groups is 1. The van der Waals surface area contributed by atoms with Crippen molar-refractivity contribution in [2.45, 2.75) is 47.0 Å². The van der Waals surface area contributed by atoms with Gasteiger partial charge in [-0.3, -0.25) is 4.79 Å². The van der Waals surface area contributed by atoms with Crippen molar-refractivity contribution in [2.75, 3.05) is 0 Å². The fraction of sp³-hybridized carbons (Fsp3) is 0.615. The van der Waals surface area contributed by atoms with Crippen molar-refractivity contribution in [1.29, 1.82) is 0 Å². The van der Waals surface area contributed by atoms with E-state index in [0.29, 0.717) is 5.92 Å². The van der Waals surface area contributed by atoms with Crippen LogP contribution in [0.5, 0.6) is 0 Å². The molecule has 0 rings (SSSR count). The van der Waals surface area contributed by atoms with Crippen LogP contribution in [0.4, 0.5) is 0 Å². The van der Waals surface area contributed by atoms with Crippen LogP contribution in [0, 0.1) is 5.92 Å². The van der Waals surface area contributed by atoms with Crippen molar-refractivity contribution in [2.24, 2.45) is 5.92 Å². The fourth-order valence-corrected chi connectivity index (χ4v) is 1.24. The predicted octanol–water partition coefficient (Wildman–Crippen LogP) is 3.90. The minimum atomic E-state index is 0.140.